The molecule has 1 aromatic rings. The van der Waals surface area contributed by atoms with Crippen LogP contribution in [-0.2, 0) is 9.59 Å². The second-order valence-electron chi connectivity index (χ2n) is 8.50. The highest BCUT2D eigenvalue weighted by Gasteiger charge is 2.61. The van der Waals surface area contributed by atoms with Gasteiger partial charge in [-0.3, -0.25) is 9.59 Å². The van der Waals surface area contributed by atoms with Crippen LogP contribution in [0.5, 0.6) is 0 Å². The van der Waals surface area contributed by atoms with Crippen LogP contribution in [-0.4, -0.2) is 34.0 Å². The standard InChI is InChI=1S/C19H29N3O3S/c1-11-8-15(22-25-11)21-17(24)12(2)26-10-16(23)20-14-9-13-6-7-19(14,5)18(13,3)4/h8,12-14H,6-7,9-10H2,1-5H3,(H,20,23)(H,21,22,24)/t12-,13+,14+,19+/m0/s1. The number of nitrogens with one attached hydrogen (secondary N) is 2. The van der Waals surface area contributed by atoms with Crippen molar-refractivity contribution in [3.63, 3.8) is 0 Å². The third-order valence-corrected chi connectivity index (χ3v) is 7.99. The van der Waals surface area contributed by atoms with Crippen LogP contribution in [0.4, 0.5) is 5.82 Å². The Bertz CT molecular complexity index is 702. The van der Waals surface area contributed by atoms with Crippen LogP contribution < -0.4 is 10.6 Å². The van der Waals surface area contributed by atoms with Crippen molar-refractivity contribution in [1.29, 1.82) is 0 Å². The molecule has 2 amide bonds. The summed E-state index contributed by atoms with van der Waals surface area (Å²) in [4.78, 5) is 24.6. The smallest absolute Gasteiger partial charge is 0.238 e. The zero-order valence-electron chi connectivity index (χ0n) is 16.2. The number of nitrogens with zero attached hydrogens (tertiary/aromatic N) is 1. The molecule has 3 rings (SSSR count). The van der Waals surface area contributed by atoms with Crippen molar-refractivity contribution < 1.29 is 14.1 Å². The molecule has 2 bridgehead atoms. The molecule has 7 heteroatoms. The summed E-state index contributed by atoms with van der Waals surface area (Å²) in [5.41, 5.74) is 0.451. The van der Waals surface area contributed by atoms with E-state index in [1.807, 2.05) is 0 Å². The SMILES string of the molecule is Cc1cc(NC(=O)[C@H](C)SCC(=O)N[C@@H]2C[C@H]3CC[C@@]2(C)C3(C)C)no1. The molecule has 2 fully saturated rings. The van der Waals surface area contributed by atoms with Gasteiger partial charge < -0.3 is 15.2 Å². The molecule has 1 heterocycles. The van der Waals surface area contributed by atoms with E-state index in [1.54, 1.807) is 19.9 Å². The molecular formula is C19H29N3O3S. The first-order valence-electron chi connectivity index (χ1n) is 9.28. The van der Waals surface area contributed by atoms with Gasteiger partial charge in [-0.2, -0.15) is 0 Å². The monoisotopic (exact) mass is 379 g/mol. The summed E-state index contributed by atoms with van der Waals surface area (Å²) in [6.07, 6.45) is 3.52. The highest BCUT2D eigenvalue weighted by atomic mass is 32.2. The minimum atomic E-state index is -0.343. The van der Waals surface area contributed by atoms with Crippen LogP contribution in [0.3, 0.4) is 0 Å². The summed E-state index contributed by atoms with van der Waals surface area (Å²) in [5, 5.41) is 9.34. The predicted octanol–water partition coefficient (Wildman–Crippen LogP) is 3.37. The van der Waals surface area contributed by atoms with Crippen LogP contribution >= 0.6 is 11.8 Å². The molecule has 1 aromatic heterocycles. The minimum absolute atomic E-state index is 0.0153. The fraction of sp³-hybridized carbons (Fsp3) is 0.737. The zero-order valence-corrected chi connectivity index (χ0v) is 17.0. The molecule has 0 spiro atoms. The van der Waals surface area contributed by atoms with Gasteiger partial charge in [0.05, 0.1) is 11.0 Å². The van der Waals surface area contributed by atoms with Crippen molar-refractivity contribution >= 4 is 29.4 Å². The largest absolute Gasteiger partial charge is 0.360 e. The molecule has 6 nitrogen and oxygen atoms in total. The number of amides is 2. The zero-order chi connectivity index (χ0) is 19.1. The second kappa shape index (κ2) is 6.91. The maximum absolute atomic E-state index is 12.4. The average Bonchev–Trinajstić information content (AvgIpc) is 3.13. The molecule has 2 aliphatic carbocycles. The number of fused-ring (bicyclic) bond motifs is 2. The molecule has 0 unspecified atom stereocenters. The lowest BCUT2D eigenvalue weighted by Gasteiger charge is -2.39. The summed E-state index contributed by atoms with van der Waals surface area (Å²) in [6.45, 7) is 10.5. The fourth-order valence-corrected chi connectivity index (χ4v) is 5.28. The topological polar surface area (TPSA) is 84.2 Å². The molecule has 0 radical (unpaired) electrons. The first-order chi connectivity index (χ1) is 12.1. The van der Waals surface area contributed by atoms with E-state index in [9.17, 15) is 9.59 Å². The van der Waals surface area contributed by atoms with Crippen molar-refractivity contribution in [2.45, 2.75) is 65.2 Å². The molecule has 2 aliphatic rings. The third kappa shape index (κ3) is 3.38. The molecule has 0 aliphatic heterocycles. The van der Waals surface area contributed by atoms with Crippen LogP contribution in [0.2, 0.25) is 0 Å². The van der Waals surface area contributed by atoms with E-state index in [4.69, 9.17) is 4.52 Å². The Morgan fingerprint density at radius 3 is 2.69 bits per heavy atom. The third-order valence-electron chi connectivity index (χ3n) is 6.84. The highest BCUT2D eigenvalue weighted by molar-refractivity contribution is 8.01. The quantitative estimate of drug-likeness (QED) is 0.792. The number of rotatable bonds is 6. The van der Waals surface area contributed by atoms with E-state index in [0.29, 0.717) is 17.5 Å². The first-order valence-corrected chi connectivity index (χ1v) is 10.3. The second-order valence-corrected chi connectivity index (χ2v) is 9.82. The Morgan fingerprint density at radius 2 is 2.15 bits per heavy atom. The summed E-state index contributed by atoms with van der Waals surface area (Å²) in [5.74, 6) is 1.86. The maximum atomic E-state index is 12.4. The molecule has 2 N–H and O–H groups in total. The number of aromatic nitrogens is 1. The number of hydrogen-bond donors (Lipinski definition) is 2. The van der Waals surface area contributed by atoms with E-state index in [2.05, 4.69) is 36.6 Å². The molecule has 144 valence electrons. The van der Waals surface area contributed by atoms with Gasteiger partial charge in [-0.25, -0.2) is 0 Å². The van der Waals surface area contributed by atoms with Gasteiger partial charge in [-0.05, 0) is 49.9 Å². The van der Waals surface area contributed by atoms with Gasteiger partial charge in [0.1, 0.15) is 5.76 Å². The van der Waals surface area contributed by atoms with E-state index in [-0.39, 0.29) is 39.7 Å². The van der Waals surface area contributed by atoms with Gasteiger partial charge in [0.2, 0.25) is 11.8 Å². The van der Waals surface area contributed by atoms with Gasteiger partial charge in [0.15, 0.2) is 5.82 Å². The molecular weight excluding hydrogens is 350 g/mol. The van der Waals surface area contributed by atoms with Gasteiger partial charge in [0, 0.05) is 12.1 Å². The van der Waals surface area contributed by atoms with Crippen LogP contribution in [0, 0.1) is 23.7 Å². The van der Waals surface area contributed by atoms with Crippen LogP contribution in [0.15, 0.2) is 10.6 Å². The molecule has 0 aromatic carbocycles. The van der Waals surface area contributed by atoms with Crippen LogP contribution in [0.1, 0.15) is 52.7 Å². The number of thioether (sulfide) groups is 1. The fourth-order valence-electron chi connectivity index (χ4n) is 4.59. The van der Waals surface area contributed by atoms with Crippen molar-refractivity contribution in [1.82, 2.24) is 10.5 Å². The van der Waals surface area contributed by atoms with Gasteiger partial charge >= 0.3 is 0 Å². The molecule has 0 saturated heterocycles. The highest BCUT2D eigenvalue weighted by Crippen LogP contribution is 2.65. The molecule has 4 atom stereocenters. The van der Waals surface area contributed by atoms with Gasteiger partial charge in [-0.15, -0.1) is 11.8 Å². The lowest BCUT2D eigenvalue weighted by atomic mass is 9.69. The average molecular weight is 380 g/mol. The van der Waals surface area contributed by atoms with Crippen LogP contribution in [0.25, 0.3) is 0 Å². The maximum Gasteiger partial charge on any atom is 0.238 e. The van der Waals surface area contributed by atoms with Crippen molar-refractivity contribution in [2.24, 2.45) is 16.7 Å². The lowest BCUT2D eigenvalue weighted by Crippen LogP contribution is -2.47. The summed E-state index contributed by atoms with van der Waals surface area (Å²) in [6, 6.07) is 1.91. The summed E-state index contributed by atoms with van der Waals surface area (Å²) in [7, 11) is 0. The number of aryl methyl sites for hydroxylation is 1. The van der Waals surface area contributed by atoms with Gasteiger partial charge in [0.25, 0.3) is 0 Å². The predicted molar refractivity (Wildman–Crippen MR) is 103 cm³/mol. The van der Waals surface area contributed by atoms with E-state index >= 15 is 0 Å². The van der Waals surface area contributed by atoms with Crippen molar-refractivity contribution in [2.75, 3.05) is 11.1 Å². The van der Waals surface area contributed by atoms with Crippen molar-refractivity contribution in [3.05, 3.63) is 11.8 Å². The Labute approximate surface area is 159 Å². The number of anilines is 1. The Morgan fingerprint density at radius 1 is 1.42 bits per heavy atom. The Balaban J connectivity index is 1.46. The first kappa shape index (κ1) is 19.3. The normalized spacial score (nSPS) is 30.2. The van der Waals surface area contributed by atoms with E-state index in [1.165, 1.54) is 24.6 Å². The Kier molecular flexibility index (Phi) is 5.12. The lowest BCUT2D eigenvalue weighted by molar-refractivity contribution is -0.120. The number of carbonyl (C=O) groups excluding carboxylic acids is 2. The summed E-state index contributed by atoms with van der Waals surface area (Å²) >= 11 is 1.34. The number of carbonyl (C=O) groups is 2. The summed E-state index contributed by atoms with van der Waals surface area (Å²) < 4.78 is 4.93. The van der Waals surface area contributed by atoms with Gasteiger partial charge in [-0.1, -0.05) is 25.9 Å². The Hall–Kier alpha value is -1.50. The number of hydrogen-bond acceptors (Lipinski definition) is 5. The van der Waals surface area contributed by atoms with Crippen molar-refractivity contribution in [3.8, 4) is 0 Å². The van der Waals surface area contributed by atoms with E-state index in [0.717, 1.165) is 6.42 Å². The molecule has 26 heavy (non-hydrogen) atoms. The minimum Gasteiger partial charge on any atom is -0.360 e. The van der Waals surface area contributed by atoms with E-state index < -0.39 is 0 Å². The molecule has 2 saturated carbocycles.